The Morgan fingerprint density at radius 1 is 1.07 bits per heavy atom. The van der Waals surface area contributed by atoms with E-state index in [4.69, 9.17) is 0 Å². The van der Waals surface area contributed by atoms with Gasteiger partial charge in [0, 0.05) is 6.04 Å². The number of sulfonamides is 1. The molecule has 0 heterocycles. The summed E-state index contributed by atoms with van der Waals surface area (Å²) in [7, 11) is -3.93. The van der Waals surface area contributed by atoms with Gasteiger partial charge in [-0.05, 0) is 80.3 Å². The lowest BCUT2D eigenvalue weighted by Gasteiger charge is -2.28. The van der Waals surface area contributed by atoms with Crippen molar-refractivity contribution < 1.29 is 17.6 Å². The molecule has 0 aromatic heterocycles. The molecule has 0 spiro atoms. The van der Waals surface area contributed by atoms with E-state index in [1.807, 2.05) is 6.92 Å². The maximum absolute atomic E-state index is 13.1. The highest BCUT2D eigenvalue weighted by Gasteiger charge is 2.42. The van der Waals surface area contributed by atoms with Crippen LogP contribution in [0.5, 0.6) is 0 Å². The Labute approximate surface area is 170 Å². The zero-order valence-electron chi connectivity index (χ0n) is 16.3. The molecule has 2 aromatic carbocycles. The van der Waals surface area contributed by atoms with Gasteiger partial charge in [-0.3, -0.25) is 9.52 Å². The first-order chi connectivity index (χ1) is 13.8. The van der Waals surface area contributed by atoms with E-state index < -0.39 is 15.8 Å². The number of benzene rings is 2. The van der Waals surface area contributed by atoms with Gasteiger partial charge in [0.15, 0.2) is 0 Å². The number of carbonyl (C=O) groups is 1. The van der Waals surface area contributed by atoms with Crippen LogP contribution in [0.4, 0.5) is 10.1 Å². The Hall–Kier alpha value is -2.41. The summed E-state index contributed by atoms with van der Waals surface area (Å²) in [5, 5.41) is 3.07. The molecule has 29 heavy (non-hydrogen) atoms. The summed E-state index contributed by atoms with van der Waals surface area (Å²) < 4.78 is 40.9. The van der Waals surface area contributed by atoms with E-state index in [9.17, 15) is 17.6 Å². The fourth-order valence-corrected chi connectivity index (χ4v) is 5.97. The Balaban J connectivity index is 1.50. The average Bonchev–Trinajstić information content (AvgIpc) is 3.32. The fraction of sp³-hybridized carbons (Fsp3) is 0.409. The van der Waals surface area contributed by atoms with Crippen molar-refractivity contribution in [1.29, 1.82) is 0 Å². The van der Waals surface area contributed by atoms with Gasteiger partial charge < -0.3 is 5.32 Å². The van der Waals surface area contributed by atoms with Gasteiger partial charge in [0.2, 0.25) is 0 Å². The Kier molecular flexibility index (Phi) is 5.34. The first kappa shape index (κ1) is 19.9. The van der Waals surface area contributed by atoms with Crippen molar-refractivity contribution in [2.75, 3.05) is 4.72 Å². The lowest BCUT2D eigenvalue weighted by Crippen LogP contribution is -2.40. The predicted molar refractivity (Wildman–Crippen MR) is 110 cm³/mol. The van der Waals surface area contributed by atoms with Gasteiger partial charge in [0.25, 0.3) is 15.9 Å². The summed E-state index contributed by atoms with van der Waals surface area (Å²) in [6.07, 6.45) is 4.96. The summed E-state index contributed by atoms with van der Waals surface area (Å²) >= 11 is 0. The number of halogens is 1. The second-order valence-corrected chi connectivity index (χ2v) is 9.89. The molecule has 0 unspecified atom stereocenters. The number of para-hydroxylation sites is 1. The molecule has 4 rings (SSSR count). The molecule has 0 aliphatic heterocycles. The Bertz CT molecular complexity index is 1010. The molecule has 2 aromatic rings. The largest absolute Gasteiger partial charge is 0.349 e. The van der Waals surface area contributed by atoms with Gasteiger partial charge in [0.05, 0.1) is 16.1 Å². The first-order valence-corrected chi connectivity index (χ1v) is 11.5. The quantitative estimate of drug-likeness (QED) is 0.742. The zero-order valence-corrected chi connectivity index (χ0v) is 17.1. The van der Waals surface area contributed by atoms with Gasteiger partial charge in [0.1, 0.15) is 5.82 Å². The van der Waals surface area contributed by atoms with Crippen LogP contribution in [0.2, 0.25) is 0 Å². The highest BCUT2D eigenvalue weighted by atomic mass is 32.2. The maximum atomic E-state index is 13.1. The molecular weight excluding hydrogens is 391 g/mol. The van der Waals surface area contributed by atoms with Crippen LogP contribution in [-0.2, 0) is 10.0 Å². The third-order valence-electron chi connectivity index (χ3n) is 6.33. The lowest BCUT2D eigenvalue weighted by molar-refractivity contribution is 0.0916. The molecule has 4 atom stereocenters. The monoisotopic (exact) mass is 416 g/mol. The molecular formula is C22H25FN2O3S. The van der Waals surface area contributed by atoms with Gasteiger partial charge in [-0.2, -0.15) is 0 Å². The molecule has 0 saturated heterocycles. The SMILES string of the molecule is C[C@@H](NC(=O)c1ccccc1NS(=O)(=O)c1ccc(F)cc1)[C@@H]1C[C@H]2CC[C@H]1C2. The van der Waals surface area contributed by atoms with Crippen LogP contribution < -0.4 is 10.0 Å². The molecule has 2 aliphatic carbocycles. The van der Waals surface area contributed by atoms with E-state index in [0.29, 0.717) is 11.8 Å². The fourth-order valence-electron chi connectivity index (χ4n) is 4.89. The second kappa shape index (κ2) is 7.78. The van der Waals surface area contributed by atoms with E-state index >= 15 is 0 Å². The number of amides is 1. The molecule has 154 valence electrons. The minimum atomic E-state index is -3.93. The van der Waals surface area contributed by atoms with Crippen molar-refractivity contribution in [3.05, 3.63) is 59.9 Å². The van der Waals surface area contributed by atoms with Crippen LogP contribution >= 0.6 is 0 Å². The maximum Gasteiger partial charge on any atom is 0.261 e. The van der Waals surface area contributed by atoms with Crippen molar-refractivity contribution in [3.63, 3.8) is 0 Å². The van der Waals surface area contributed by atoms with E-state index in [-0.39, 0.29) is 28.1 Å². The summed E-state index contributed by atoms with van der Waals surface area (Å²) in [5.41, 5.74) is 0.475. The molecule has 2 N–H and O–H groups in total. The number of nitrogens with one attached hydrogen (secondary N) is 2. The van der Waals surface area contributed by atoms with Gasteiger partial charge in [-0.25, -0.2) is 12.8 Å². The summed E-state index contributed by atoms with van der Waals surface area (Å²) in [6, 6.07) is 11.1. The van der Waals surface area contributed by atoms with Crippen molar-refractivity contribution >= 4 is 21.6 Å². The molecule has 0 radical (unpaired) electrons. The van der Waals surface area contributed by atoms with E-state index in [1.165, 1.54) is 31.4 Å². The third kappa shape index (κ3) is 4.15. The number of hydrogen-bond acceptors (Lipinski definition) is 3. The highest BCUT2D eigenvalue weighted by Crippen LogP contribution is 2.49. The van der Waals surface area contributed by atoms with Gasteiger partial charge >= 0.3 is 0 Å². The molecule has 7 heteroatoms. The summed E-state index contributed by atoms with van der Waals surface area (Å²) in [6.45, 7) is 2.04. The molecule has 2 saturated carbocycles. The number of hydrogen-bond donors (Lipinski definition) is 2. The normalized spacial score (nSPS) is 24.3. The number of carbonyl (C=O) groups excluding carboxylic acids is 1. The zero-order chi connectivity index (χ0) is 20.6. The van der Waals surface area contributed by atoms with Crippen molar-refractivity contribution in [2.45, 2.75) is 43.5 Å². The molecule has 2 fully saturated rings. The van der Waals surface area contributed by atoms with Crippen LogP contribution in [0.1, 0.15) is 43.0 Å². The standard InChI is InChI=1S/C22H25FN2O3S/c1-14(20-13-15-6-7-16(20)12-15)24-22(26)19-4-2-3-5-21(19)25-29(27,28)18-10-8-17(23)9-11-18/h2-5,8-11,14-16,20,25H,6-7,12-13H2,1H3,(H,24,26)/t14-,15+,16+,20+/m1/s1. The average molecular weight is 417 g/mol. The van der Waals surface area contributed by atoms with Crippen molar-refractivity contribution in [2.24, 2.45) is 17.8 Å². The topological polar surface area (TPSA) is 75.3 Å². The van der Waals surface area contributed by atoms with Crippen LogP contribution in [0.3, 0.4) is 0 Å². The lowest BCUT2D eigenvalue weighted by atomic mass is 9.84. The molecule has 2 bridgehead atoms. The smallest absolute Gasteiger partial charge is 0.261 e. The van der Waals surface area contributed by atoms with Crippen molar-refractivity contribution in [1.82, 2.24) is 5.32 Å². The van der Waals surface area contributed by atoms with Crippen LogP contribution in [0, 0.1) is 23.6 Å². The van der Waals surface area contributed by atoms with Gasteiger partial charge in [-0.1, -0.05) is 18.6 Å². The Morgan fingerprint density at radius 3 is 2.45 bits per heavy atom. The molecule has 1 amide bonds. The minimum absolute atomic E-state index is 0.0413. The molecule has 5 nitrogen and oxygen atoms in total. The molecule has 2 aliphatic rings. The van der Waals surface area contributed by atoms with Crippen molar-refractivity contribution in [3.8, 4) is 0 Å². The van der Waals surface area contributed by atoms with Crippen LogP contribution in [0.15, 0.2) is 53.4 Å². The third-order valence-corrected chi connectivity index (χ3v) is 7.72. The summed E-state index contributed by atoms with van der Waals surface area (Å²) in [5.74, 6) is 1.15. The number of fused-ring (bicyclic) bond motifs is 2. The van der Waals surface area contributed by atoms with Gasteiger partial charge in [-0.15, -0.1) is 0 Å². The van der Waals surface area contributed by atoms with E-state index in [0.717, 1.165) is 24.5 Å². The highest BCUT2D eigenvalue weighted by molar-refractivity contribution is 7.92. The van der Waals surface area contributed by atoms with Crippen LogP contribution in [0.25, 0.3) is 0 Å². The second-order valence-electron chi connectivity index (χ2n) is 8.21. The van der Waals surface area contributed by atoms with Crippen LogP contribution in [-0.4, -0.2) is 20.4 Å². The number of anilines is 1. The predicted octanol–water partition coefficient (Wildman–Crippen LogP) is 4.18. The van der Waals surface area contributed by atoms with E-state index in [2.05, 4.69) is 10.0 Å². The number of rotatable bonds is 6. The summed E-state index contributed by atoms with van der Waals surface area (Å²) in [4.78, 5) is 12.8. The van der Waals surface area contributed by atoms with E-state index in [1.54, 1.807) is 24.3 Å². The first-order valence-electron chi connectivity index (χ1n) is 10.0. The minimum Gasteiger partial charge on any atom is -0.349 e. The Morgan fingerprint density at radius 2 is 1.79 bits per heavy atom.